The van der Waals surface area contributed by atoms with Gasteiger partial charge in [-0.2, -0.15) is 0 Å². The van der Waals surface area contributed by atoms with Gasteiger partial charge < -0.3 is 10.1 Å². The summed E-state index contributed by atoms with van der Waals surface area (Å²) < 4.78 is 5.86. The number of hydrogen-bond donors (Lipinski definition) is 1. The Kier molecular flexibility index (Phi) is 5.44. The van der Waals surface area contributed by atoms with Crippen LogP contribution in [0.2, 0.25) is 0 Å². The highest BCUT2D eigenvalue weighted by Gasteiger charge is 2.37. The SMILES string of the molecule is CCC1(CC)CNC(C)CN1CCOc1ccccc1. The first-order valence-electron chi connectivity index (χ1n) is 7.86. The summed E-state index contributed by atoms with van der Waals surface area (Å²) in [7, 11) is 0. The second-order valence-corrected chi connectivity index (χ2v) is 5.82. The van der Waals surface area contributed by atoms with Gasteiger partial charge in [-0.1, -0.05) is 32.0 Å². The quantitative estimate of drug-likeness (QED) is 0.864. The van der Waals surface area contributed by atoms with Crippen molar-refractivity contribution >= 4 is 0 Å². The van der Waals surface area contributed by atoms with E-state index in [1.54, 1.807) is 0 Å². The van der Waals surface area contributed by atoms with Crippen LogP contribution in [0.15, 0.2) is 30.3 Å². The third kappa shape index (κ3) is 3.53. The molecule has 2 rings (SSSR count). The van der Waals surface area contributed by atoms with E-state index >= 15 is 0 Å². The number of benzene rings is 1. The lowest BCUT2D eigenvalue weighted by atomic mass is 9.87. The lowest BCUT2D eigenvalue weighted by Gasteiger charge is -2.49. The lowest BCUT2D eigenvalue weighted by molar-refractivity contribution is 0.0247. The highest BCUT2D eigenvalue weighted by molar-refractivity contribution is 5.20. The van der Waals surface area contributed by atoms with E-state index in [1.165, 1.54) is 12.8 Å². The summed E-state index contributed by atoms with van der Waals surface area (Å²) in [5.41, 5.74) is 0.298. The van der Waals surface area contributed by atoms with Gasteiger partial charge in [0.15, 0.2) is 0 Å². The van der Waals surface area contributed by atoms with Crippen LogP contribution >= 0.6 is 0 Å². The largest absolute Gasteiger partial charge is 0.492 e. The molecule has 1 saturated heterocycles. The number of hydrogen-bond acceptors (Lipinski definition) is 3. The molecule has 0 amide bonds. The number of para-hydroxylation sites is 1. The standard InChI is InChI=1S/C17H28N2O/c1-4-17(5-2)14-18-15(3)13-19(17)11-12-20-16-9-7-6-8-10-16/h6-10,15,18H,4-5,11-14H2,1-3H3. The number of ether oxygens (including phenoxy) is 1. The Morgan fingerprint density at radius 2 is 1.95 bits per heavy atom. The Bertz CT molecular complexity index is 389. The molecule has 0 aliphatic carbocycles. The van der Waals surface area contributed by atoms with Crippen molar-refractivity contribution in [3.8, 4) is 5.75 Å². The van der Waals surface area contributed by atoms with Crippen LogP contribution in [0, 0.1) is 0 Å². The summed E-state index contributed by atoms with van der Waals surface area (Å²) in [6.07, 6.45) is 2.38. The zero-order valence-corrected chi connectivity index (χ0v) is 13.1. The number of nitrogens with one attached hydrogen (secondary N) is 1. The Morgan fingerprint density at radius 3 is 2.60 bits per heavy atom. The van der Waals surface area contributed by atoms with Crippen molar-refractivity contribution in [1.82, 2.24) is 10.2 Å². The molecule has 3 heteroatoms. The molecular formula is C17H28N2O. The fraction of sp³-hybridized carbons (Fsp3) is 0.647. The molecule has 1 N–H and O–H groups in total. The molecule has 1 heterocycles. The van der Waals surface area contributed by atoms with E-state index in [-0.39, 0.29) is 0 Å². The number of nitrogens with zero attached hydrogens (tertiary/aromatic N) is 1. The molecule has 0 spiro atoms. The second kappa shape index (κ2) is 7.09. The fourth-order valence-electron chi connectivity index (χ4n) is 3.13. The Balaban J connectivity index is 1.91. The van der Waals surface area contributed by atoms with Crippen LogP contribution in [0.3, 0.4) is 0 Å². The zero-order valence-electron chi connectivity index (χ0n) is 13.1. The van der Waals surface area contributed by atoms with Crippen LogP contribution in [0.1, 0.15) is 33.6 Å². The van der Waals surface area contributed by atoms with Crippen LogP contribution in [0.25, 0.3) is 0 Å². The minimum atomic E-state index is 0.298. The van der Waals surface area contributed by atoms with E-state index < -0.39 is 0 Å². The predicted octanol–water partition coefficient (Wildman–Crippen LogP) is 2.92. The molecule has 0 aromatic heterocycles. The van der Waals surface area contributed by atoms with Crippen LogP contribution in [0.5, 0.6) is 5.75 Å². The van der Waals surface area contributed by atoms with Crippen LogP contribution < -0.4 is 10.1 Å². The van der Waals surface area contributed by atoms with Crippen molar-refractivity contribution in [3.63, 3.8) is 0 Å². The van der Waals surface area contributed by atoms with Crippen molar-refractivity contribution in [2.75, 3.05) is 26.2 Å². The summed E-state index contributed by atoms with van der Waals surface area (Å²) in [6, 6.07) is 10.7. The van der Waals surface area contributed by atoms with Crippen molar-refractivity contribution in [2.45, 2.75) is 45.2 Å². The van der Waals surface area contributed by atoms with Crippen molar-refractivity contribution in [1.29, 1.82) is 0 Å². The highest BCUT2D eigenvalue weighted by Crippen LogP contribution is 2.26. The molecule has 3 nitrogen and oxygen atoms in total. The third-order valence-electron chi connectivity index (χ3n) is 4.63. The van der Waals surface area contributed by atoms with Gasteiger partial charge in [0.2, 0.25) is 0 Å². The zero-order chi connectivity index (χ0) is 14.4. The minimum Gasteiger partial charge on any atom is -0.492 e. The first kappa shape index (κ1) is 15.3. The van der Waals surface area contributed by atoms with E-state index in [9.17, 15) is 0 Å². The molecule has 20 heavy (non-hydrogen) atoms. The van der Waals surface area contributed by atoms with E-state index in [2.05, 4.69) is 31.0 Å². The van der Waals surface area contributed by atoms with Gasteiger partial charge in [-0.3, -0.25) is 4.90 Å². The normalized spacial score (nSPS) is 22.6. The van der Waals surface area contributed by atoms with Gasteiger partial charge >= 0.3 is 0 Å². The molecule has 1 aliphatic rings. The Hall–Kier alpha value is -1.06. The maximum atomic E-state index is 5.86. The topological polar surface area (TPSA) is 24.5 Å². The Morgan fingerprint density at radius 1 is 1.25 bits per heavy atom. The van der Waals surface area contributed by atoms with Crippen LogP contribution in [-0.4, -0.2) is 42.7 Å². The number of piperazine rings is 1. The molecular weight excluding hydrogens is 248 g/mol. The molecule has 1 atom stereocenters. The minimum absolute atomic E-state index is 0.298. The maximum Gasteiger partial charge on any atom is 0.119 e. The first-order chi connectivity index (χ1) is 9.70. The van der Waals surface area contributed by atoms with Crippen molar-refractivity contribution in [3.05, 3.63) is 30.3 Å². The molecule has 1 unspecified atom stereocenters. The molecule has 1 aliphatic heterocycles. The molecule has 0 bridgehead atoms. The van der Waals surface area contributed by atoms with Gasteiger partial charge in [-0.05, 0) is 31.9 Å². The van der Waals surface area contributed by atoms with Gasteiger partial charge in [0.1, 0.15) is 12.4 Å². The first-order valence-corrected chi connectivity index (χ1v) is 7.86. The van der Waals surface area contributed by atoms with Gasteiger partial charge in [0, 0.05) is 31.2 Å². The van der Waals surface area contributed by atoms with Crippen LogP contribution in [-0.2, 0) is 0 Å². The Labute approximate surface area is 123 Å². The highest BCUT2D eigenvalue weighted by atomic mass is 16.5. The third-order valence-corrected chi connectivity index (χ3v) is 4.63. The molecule has 1 aromatic carbocycles. The summed E-state index contributed by atoms with van der Waals surface area (Å²) in [4.78, 5) is 2.62. The maximum absolute atomic E-state index is 5.86. The van der Waals surface area contributed by atoms with E-state index in [4.69, 9.17) is 4.74 Å². The molecule has 1 aromatic rings. The smallest absolute Gasteiger partial charge is 0.119 e. The van der Waals surface area contributed by atoms with E-state index in [0.717, 1.165) is 32.0 Å². The summed E-state index contributed by atoms with van der Waals surface area (Å²) in [5.74, 6) is 0.967. The fourth-order valence-corrected chi connectivity index (χ4v) is 3.13. The molecule has 1 fully saturated rings. The molecule has 0 saturated carbocycles. The number of rotatable bonds is 6. The van der Waals surface area contributed by atoms with Gasteiger partial charge in [-0.25, -0.2) is 0 Å². The second-order valence-electron chi connectivity index (χ2n) is 5.82. The monoisotopic (exact) mass is 276 g/mol. The average Bonchev–Trinajstić information content (AvgIpc) is 2.49. The van der Waals surface area contributed by atoms with Crippen molar-refractivity contribution < 1.29 is 4.74 Å². The average molecular weight is 276 g/mol. The molecule has 112 valence electrons. The van der Waals surface area contributed by atoms with Crippen molar-refractivity contribution in [2.24, 2.45) is 0 Å². The summed E-state index contributed by atoms with van der Waals surface area (Å²) in [5, 5.41) is 3.63. The summed E-state index contributed by atoms with van der Waals surface area (Å²) >= 11 is 0. The predicted molar refractivity (Wildman–Crippen MR) is 84.3 cm³/mol. The van der Waals surface area contributed by atoms with Crippen LogP contribution in [0.4, 0.5) is 0 Å². The van der Waals surface area contributed by atoms with E-state index in [0.29, 0.717) is 11.6 Å². The summed E-state index contributed by atoms with van der Waals surface area (Å²) in [6.45, 7) is 10.8. The van der Waals surface area contributed by atoms with Gasteiger partial charge in [-0.15, -0.1) is 0 Å². The van der Waals surface area contributed by atoms with E-state index in [1.807, 2.05) is 30.3 Å². The van der Waals surface area contributed by atoms with Gasteiger partial charge in [0.05, 0.1) is 0 Å². The lowest BCUT2D eigenvalue weighted by Crippen LogP contribution is -2.64. The van der Waals surface area contributed by atoms with Gasteiger partial charge in [0.25, 0.3) is 0 Å². The molecule has 0 radical (unpaired) electrons.